The Kier molecular flexibility index (Phi) is 9.21. The lowest BCUT2D eigenvalue weighted by Gasteiger charge is -2.31. The third-order valence-corrected chi connectivity index (χ3v) is 3.61. The molecule has 0 fully saturated rings. The summed E-state index contributed by atoms with van der Waals surface area (Å²) in [5.41, 5.74) is 6.51. The van der Waals surface area contributed by atoms with E-state index >= 15 is 0 Å². The summed E-state index contributed by atoms with van der Waals surface area (Å²) in [6.45, 7) is 3.19. The van der Waals surface area contributed by atoms with E-state index in [-0.39, 0.29) is 6.61 Å². The Hall–Kier alpha value is -0.980. The topological polar surface area (TPSA) is 73.9 Å². The van der Waals surface area contributed by atoms with E-state index in [0.717, 1.165) is 5.56 Å². The van der Waals surface area contributed by atoms with E-state index in [4.69, 9.17) is 19.9 Å². The van der Waals surface area contributed by atoms with E-state index in [0.29, 0.717) is 46.0 Å². The zero-order valence-corrected chi connectivity index (χ0v) is 12.8. The van der Waals surface area contributed by atoms with E-state index in [2.05, 4.69) is 0 Å². The summed E-state index contributed by atoms with van der Waals surface area (Å²) < 4.78 is 15.8. The van der Waals surface area contributed by atoms with E-state index in [1.807, 2.05) is 30.3 Å². The number of hydrogen-bond acceptors (Lipinski definition) is 5. The summed E-state index contributed by atoms with van der Waals surface area (Å²) >= 11 is 0. The molecule has 0 aromatic heterocycles. The first-order chi connectivity index (χ1) is 10.3. The molecule has 5 heteroatoms. The van der Waals surface area contributed by atoms with Crippen molar-refractivity contribution in [2.24, 2.45) is 5.73 Å². The first kappa shape index (κ1) is 18.1. The van der Waals surface area contributed by atoms with Gasteiger partial charge < -0.3 is 25.1 Å². The van der Waals surface area contributed by atoms with E-state index < -0.39 is 5.41 Å². The van der Waals surface area contributed by atoms with Crippen LogP contribution in [0.5, 0.6) is 0 Å². The molecule has 3 N–H and O–H groups in total. The highest BCUT2D eigenvalue weighted by Gasteiger charge is 2.29. The SMILES string of the molecule is COCCOCCOCCC(CN)(CO)c1ccccc1. The number of hydrogen-bond donors (Lipinski definition) is 2. The average molecular weight is 297 g/mol. The van der Waals surface area contributed by atoms with Crippen LogP contribution in [0, 0.1) is 0 Å². The number of benzene rings is 1. The van der Waals surface area contributed by atoms with Gasteiger partial charge in [-0.2, -0.15) is 0 Å². The second-order valence-electron chi connectivity index (χ2n) is 4.98. The molecule has 1 aromatic carbocycles. The number of ether oxygens (including phenoxy) is 3. The molecule has 0 saturated carbocycles. The second-order valence-corrected chi connectivity index (χ2v) is 4.98. The minimum Gasteiger partial charge on any atom is -0.395 e. The van der Waals surface area contributed by atoms with Crippen LogP contribution < -0.4 is 5.73 Å². The molecule has 0 aliphatic carbocycles. The van der Waals surface area contributed by atoms with Gasteiger partial charge in [-0.05, 0) is 12.0 Å². The summed E-state index contributed by atoms with van der Waals surface area (Å²) in [4.78, 5) is 0. The molecular formula is C16H27NO4. The number of aliphatic hydroxyl groups excluding tert-OH is 1. The summed E-state index contributed by atoms with van der Waals surface area (Å²) in [6.07, 6.45) is 0.683. The highest BCUT2D eigenvalue weighted by Crippen LogP contribution is 2.26. The number of nitrogens with two attached hydrogens (primary N) is 1. The number of aliphatic hydroxyl groups is 1. The fourth-order valence-corrected chi connectivity index (χ4v) is 2.12. The van der Waals surface area contributed by atoms with Gasteiger partial charge in [-0.15, -0.1) is 0 Å². The third-order valence-electron chi connectivity index (χ3n) is 3.61. The summed E-state index contributed by atoms with van der Waals surface area (Å²) in [7, 11) is 1.64. The summed E-state index contributed by atoms with van der Waals surface area (Å²) in [6, 6.07) is 9.86. The molecule has 1 aromatic rings. The van der Waals surface area contributed by atoms with Crippen LogP contribution in [0.25, 0.3) is 0 Å². The van der Waals surface area contributed by atoms with Gasteiger partial charge in [0.05, 0.1) is 33.0 Å². The highest BCUT2D eigenvalue weighted by molar-refractivity contribution is 5.26. The van der Waals surface area contributed by atoms with Crippen molar-refractivity contribution < 1.29 is 19.3 Å². The lowest BCUT2D eigenvalue weighted by atomic mass is 9.78. The van der Waals surface area contributed by atoms with Gasteiger partial charge in [0.1, 0.15) is 0 Å². The zero-order chi connectivity index (χ0) is 15.4. The molecule has 0 spiro atoms. The van der Waals surface area contributed by atoms with Crippen molar-refractivity contribution >= 4 is 0 Å². The smallest absolute Gasteiger partial charge is 0.0701 e. The average Bonchev–Trinajstić information content (AvgIpc) is 2.55. The molecule has 120 valence electrons. The normalized spacial score (nSPS) is 14.0. The zero-order valence-electron chi connectivity index (χ0n) is 12.8. The van der Waals surface area contributed by atoms with Gasteiger partial charge >= 0.3 is 0 Å². The van der Waals surface area contributed by atoms with Crippen molar-refractivity contribution in [2.75, 3.05) is 53.3 Å². The molecule has 1 rings (SSSR count). The molecule has 0 radical (unpaired) electrons. The van der Waals surface area contributed by atoms with Crippen LogP contribution in [0.4, 0.5) is 0 Å². The standard InChI is InChI=1S/C16H27NO4/c1-19-9-10-21-12-11-20-8-7-16(13-17,14-18)15-5-3-2-4-6-15/h2-6,18H,7-14,17H2,1H3. The van der Waals surface area contributed by atoms with Crippen molar-refractivity contribution in [3.05, 3.63) is 35.9 Å². The second kappa shape index (κ2) is 10.7. The maximum absolute atomic E-state index is 9.76. The molecule has 1 atom stereocenters. The molecule has 1 unspecified atom stereocenters. The predicted molar refractivity (Wildman–Crippen MR) is 82.4 cm³/mol. The summed E-state index contributed by atoms with van der Waals surface area (Å²) in [5.74, 6) is 0. The number of rotatable bonds is 12. The predicted octanol–water partition coefficient (Wildman–Crippen LogP) is 0.945. The van der Waals surface area contributed by atoms with Crippen molar-refractivity contribution in [3.63, 3.8) is 0 Å². The maximum Gasteiger partial charge on any atom is 0.0701 e. The Morgan fingerprint density at radius 3 is 2.19 bits per heavy atom. The maximum atomic E-state index is 9.76. The van der Waals surface area contributed by atoms with Gasteiger partial charge in [0.15, 0.2) is 0 Å². The molecule has 0 aliphatic heterocycles. The fraction of sp³-hybridized carbons (Fsp3) is 0.625. The molecular weight excluding hydrogens is 270 g/mol. The summed E-state index contributed by atoms with van der Waals surface area (Å²) in [5, 5.41) is 9.76. The van der Waals surface area contributed by atoms with E-state index in [9.17, 15) is 5.11 Å². The van der Waals surface area contributed by atoms with Crippen molar-refractivity contribution in [3.8, 4) is 0 Å². The van der Waals surface area contributed by atoms with Crippen molar-refractivity contribution in [1.82, 2.24) is 0 Å². The number of methoxy groups -OCH3 is 1. The van der Waals surface area contributed by atoms with Crippen LogP contribution in [-0.4, -0.2) is 58.4 Å². The van der Waals surface area contributed by atoms with Gasteiger partial charge in [0, 0.05) is 25.7 Å². The Morgan fingerprint density at radius 2 is 1.62 bits per heavy atom. The van der Waals surface area contributed by atoms with Gasteiger partial charge in [-0.25, -0.2) is 0 Å². The first-order valence-corrected chi connectivity index (χ1v) is 7.30. The van der Waals surface area contributed by atoms with E-state index in [1.165, 1.54) is 0 Å². The van der Waals surface area contributed by atoms with Gasteiger partial charge in [-0.1, -0.05) is 30.3 Å². The minimum atomic E-state index is -0.432. The lowest BCUT2D eigenvalue weighted by Crippen LogP contribution is -2.40. The fourth-order valence-electron chi connectivity index (χ4n) is 2.12. The van der Waals surface area contributed by atoms with Gasteiger partial charge in [0.2, 0.25) is 0 Å². The lowest BCUT2D eigenvalue weighted by molar-refractivity contribution is 0.0182. The molecule has 21 heavy (non-hydrogen) atoms. The van der Waals surface area contributed by atoms with Crippen LogP contribution in [0.15, 0.2) is 30.3 Å². The monoisotopic (exact) mass is 297 g/mol. The Bertz CT molecular complexity index is 355. The Labute approximate surface area is 127 Å². The first-order valence-electron chi connectivity index (χ1n) is 7.30. The van der Waals surface area contributed by atoms with Crippen molar-refractivity contribution in [1.29, 1.82) is 0 Å². The van der Waals surface area contributed by atoms with Crippen LogP contribution >= 0.6 is 0 Å². The van der Waals surface area contributed by atoms with Crippen LogP contribution in [-0.2, 0) is 19.6 Å². The quantitative estimate of drug-likeness (QED) is 0.562. The van der Waals surface area contributed by atoms with Crippen LogP contribution in [0.1, 0.15) is 12.0 Å². The molecule has 0 saturated heterocycles. The minimum absolute atomic E-state index is 0.0151. The Morgan fingerprint density at radius 1 is 1.00 bits per heavy atom. The van der Waals surface area contributed by atoms with Gasteiger partial charge in [0.25, 0.3) is 0 Å². The molecule has 0 amide bonds. The largest absolute Gasteiger partial charge is 0.395 e. The Balaban J connectivity index is 2.32. The molecule has 0 bridgehead atoms. The highest BCUT2D eigenvalue weighted by atomic mass is 16.5. The van der Waals surface area contributed by atoms with Crippen LogP contribution in [0.2, 0.25) is 0 Å². The van der Waals surface area contributed by atoms with Crippen molar-refractivity contribution in [2.45, 2.75) is 11.8 Å². The molecule has 5 nitrogen and oxygen atoms in total. The van der Waals surface area contributed by atoms with Crippen LogP contribution in [0.3, 0.4) is 0 Å². The molecule has 0 aliphatic rings. The third kappa shape index (κ3) is 6.11. The molecule has 0 heterocycles. The van der Waals surface area contributed by atoms with Gasteiger partial charge in [-0.3, -0.25) is 0 Å². The van der Waals surface area contributed by atoms with E-state index in [1.54, 1.807) is 7.11 Å².